The summed E-state index contributed by atoms with van der Waals surface area (Å²) in [6.07, 6.45) is 0.462. The van der Waals surface area contributed by atoms with Gasteiger partial charge in [-0.1, -0.05) is 15.9 Å². The lowest BCUT2D eigenvalue weighted by Gasteiger charge is -2.11. The summed E-state index contributed by atoms with van der Waals surface area (Å²) in [6.45, 7) is 4.23. The fraction of sp³-hybridized carbons (Fsp3) is 0.455. The molecule has 0 aromatic heterocycles. The van der Waals surface area contributed by atoms with Crippen molar-refractivity contribution in [3.63, 3.8) is 0 Å². The predicted octanol–water partition coefficient (Wildman–Crippen LogP) is 2.16. The van der Waals surface area contributed by atoms with Crippen molar-refractivity contribution in [2.45, 2.75) is 20.3 Å². The van der Waals surface area contributed by atoms with Gasteiger partial charge in [-0.25, -0.2) is 8.42 Å². The van der Waals surface area contributed by atoms with Crippen LogP contribution in [0, 0.1) is 13.8 Å². The molecule has 0 aliphatic heterocycles. The maximum atomic E-state index is 11.7. The summed E-state index contributed by atoms with van der Waals surface area (Å²) < 4.78 is 26.9. The summed E-state index contributed by atoms with van der Waals surface area (Å²) in [4.78, 5) is 0. The highest BCUT2D eigenvalue weighted by Gasteiger charge is 2.11. The van der Waals surface area contributed by atoms with Crippen molar-refractivity contribution in [2.24, 2.45) is 5.73 Å². The zero-order valence-electron chi connectivity index (χ0n) is 9.96. The van der Waals surface area contributed by atoms with Gasteiger partial charge in [0.05, 0.1) is 5.75 Å². The highest BCUT2D eigenvalue weighted by atomic mass is 79.9. The molecule has 0 saturated heterocycles. The monoisotopic (exact) mass is 320 g/mol. The van der Waals surface area contributed by atoms with Crippen molar-refractivity contribution >= 4 is 31.6 Å². The smallest absolute Gasteiger partial charge is 0.232 e. The summed E-state index contributed by atoms with van der Waals surface area (Å²) >= 11 is 3.44. The molecular weight excluding hydrogens is 304 g/mol. The van der Waals surface area contributed by atoms with Gasteiger partial charge in [0, 0.05) is 10.2 Å². The lowest BCUT2D eigenvalue weighted by Crippen LogP contribution is -2.19. The first-order valence-electron chi connectivity index (χ1n) is 5.33. The largest absolute Gasteiger partial charge is 0.330 e. The zero-order chi connectivity index (χ0) is 13.1. The number of nitrogens with one attached hydrogen (secondary N) is 1. The summed E-state index contributed by atoms with van der Waals surface area (Å²) in [6, 6.07) is 3.61. The molecular formula is C11H17BrN2O2S. The number of nitrogens with two attached hydrogens (primary N) is 1. The second kappa shape index (κ2) is 5.84. The van der Waals surface area contributed by atoms with Crippen LogP contribution < -0.4 is 10.5 Å². The Morgan fingerprint density at radius 1 is 1.29 bits per heavy atom. The molecule has 0 fully saturated rings. The Kier molecular flexibility index (Phi) is 4.97. The Bertz CT molecular complexity index is 477. The van der Waals surface area contributed by atoms with Crippen LogP contribution in [0.2, 0.25) is 0 Å². The molecule has 0 spiro atoms. The van der Waals surface area contributed by atoms with Gasteiger partial charge in [0.25, 0.3) is 0 Å². The van der Waals surface area contributed by atoms with Gasteiger partial charge in [-0.3, -0.25) is 4.72 Å². The summed E-state index contributed by atoms with van der Waals surface area (Å²) in [5.41, 5.74) is 7.90. The number of sulfonamides is 1. The van der Waals surface area contributed by atoms with Gasteiger partial charge in [-0.15, -0.1) is 0 Å². The van der Waals surface area contributed by atoms with Crippen LogP contribution in [-0.2, 0) is 10.0 Å². The maximum Gasteiger partial charge on any atom is 0.232 e. The molecule has 0 radical (unpaired) electrons. The van der Waals surface area contributed by atoms with Gasteiger partial charge in [-0.2, -0.15) is 0 Å². The summed E-state index contributed by atoms with van der Waals surface area (Å²) in [5, 5.41) is 0. The molecule has 0 heterocycles. The molecule has 17 heavy (non-hydrogen) atoms. The van der Waals surface area contributed by atoms with Crippen LogP contribution in [0.15, 0.2) is 16.6 Å². The highest BCUT2D eigenvalue weighted by Crippen LogP contribution is 2.25. The topological polar surface area (TPSA) is 72.2 Å². The normalized spacial score (nSPS) is 11.5. The molecule has 6 heteroatoms. The third kappa shape index (κ3) is 4.29. The lowest BCUT2D eigenvalue weighted by molar-refractivity contribution is 0.599. The number of halogens is 1. The first kappa shape index (κ1) is 14.5. The Morgan fingerprint density at radius 3 is 2.29 bits per heavy atom. The van der Waals surface area contributed by atoms with E-state index in [0.29, 0.717) is 18.7 Å². The van der Waals surface area contributed by atoms with Crippen LogP contribution in [0.25, 0.3) is 0 Å². The first-order valence-corrected chi connectivity index (χ1v) is 7.77. The van der Waals surface area contributed by atoms with E-state index < -0.39 is 10.0 Å². The number of hydrogen-bond donors (Lipinski definition) is 2. The van der Waals surface area contributed by atoms with Crippen LogP contribution in [-0.4, -0.2) is 20.7 Å². The molecule has 3 N–H and O–H groups in total. The summed E-state index contributed by atoms with van der Waals surface area (Å²) in [7, 11) is -3.29. The van der Waals surface area contributed by atoms with E-state index in [2.05, 4.69) is 20.7 Å². The van der Waals surface area contributed by atoms with Crippen LogP contribution in [0.3, 0.4) is 0 Å². The fourth-order valence-electron chi connectivity index (χ4n) is 1.51. The van der Waals surface area contributed by atoms with Gasteiger partial charge in [0.2, 0.25) is 10.0 Å². The first-order chi connectivity index (χ1) is 7.85. The third-order valence-electron chi connectivity index (χ3n) is 2.33. The van der Waals surface area contributed by atoms with Crippen molar-refractivity contribution in [2.75, 3.05) is 17.0 Å². The van der Waals surface area contributed by atoms with E-state index in [1.54, 1.807) is 12.1 Å². The minimum atomic E-state index is -3.29. The van der Waals surface area contributed by atoms with E-state index >= 15 is 0 Å². The molecule has 1 aromatic rings. The van der Waals surface area contributed by atoms with Crippen LogP contribution in [0.1, 0.15) is 17.5 Å². The molecule has 1 aromatic carbocycles. The Balaban J connectivity index is 2.89. The Hall–Kier alpha value is -0.590. The minimum Gasteiger partial charge on any atom is -0.330 e. The second-order valence-corrected chi connectivity index (χ2v) is 6.62. The van der Waals surface area contributed by atoms with Crippen LogP contribution in [0.5, 0.6) is 0 Å². The van der Waals surface area contributed by atoms with Crippen molar-refractivity contribution in [1.29, 1.82) is 0 Å². The standard InChI is InChI=1S/C11H17BrN2O2S/c1-8-6-10(7-9(2)11(8)12)14-17(15,16)5-3-4-13/h6-7,14H,3-5,13H2,1-2H3. The third-order valence-corrected chi connectivity index (χ3v) is 4.95. The number of hydrogen-bond acceptors (Lipinski definition) is 3. The quantitative estimate of drug-likeness (QED) is 0.873. The van der Waals surface area contributed by atoms with Crippen molar-refractivity contribution < 1.29 is 8.42 Å². The van der Waals surface area contributed by atoms with Crippen LogP contribution >= 0.6 is 15.9 Å². The van der Waals surface area contributed by atoms with E-state index in [4.69, 9.17) is 5.73 Å². The van der Waals surface area contributed by atoms with Gasteiger partial charge >= 0.3 is 0 Å². The Morgan fingerprint density at radius 2 is 1.82 bits per heavy atom. The SMILES string of the molecule is Cc1cc(NS(=O)(=O)CCCN)cc(C)c1Br. The van der Waals surface area contributed by atoms with Gasteiger partial charge in [-0.05, 0) is 50.1 Å². The van der Waals surface area contributed by atoms with Gasteiger partial charge in [0.1, 0.15) is 0 Å². The van der Waals surface area contributed by atoms with E-state index in [1.807, 2.05) is 13.8 Å². The maximum absolute atomic E-state index is 11.7. The molecule has 96 valence electrons. The molecule has 1 rings (SSSR count). The fourth-order valence-corrected chi connectivity index (χ4v) is 2.86. The van der Waals surface area contributed by atoms with E-state index in [1.165, 1.54) is 0 Å². The minimum absolute atomic E-state index is 0.0532. The molecule has 0 aliphatic carbocycles. The van der Waals surface area contributed by atoms with Gasteiger partial charge < -0.3 is 5.73 Å². The molecule has 0 aliphatic rings. The van der Waals surface area contributed by atoms with Crippen molar-refractivity contribution in [3.8, 4) is 0 Å². The average Bonchev–Trinajstić information content (AvgIpc) is 2.22. The van der Waals surface area contributed by atoms with Crippen molar-refractivity contribution in [1.82, 2.24) is 0 Å². The predicted molar refractivity (Wildman–Crippen MR) is 74.7 cm³/mol. The molecule has 0 atom stereocenters. The molecule has 0 bridgehead atoms. The number of aryl methyl sites for hydroxylation is 2. The molecule has 0 unspecified atom stereocenters. The number of rotatable bonds is 5. The van der Waals surface area contributed by atoms with Crippen LogP contribution in [0.4, 0.5) is 5.69 Å². The Labute approximate surface area is 111 Å². The molecule has 0 amide bonds. The molecule has 0 saturated carbocycles. The van der Waals surface area contributed by atoms with Gasteiger partial charge in [0.15, 0.2) is 0 Å². The summed E-state index contributed by atoms with van der Waals surface area (Å²) in [5.74, 6) is 0.0532. The lowest BCUT2D eigenvalue weighted by atomic mass is 10.1. The number of benzene rings is 1. The molecule has 4 nitrogen and oxygen atoms in total. The zero-order valence-corrected chi connectivity index (χ0v) is 12.4. The van der Waals surface area contributed by atoms with E-state index in [9.17, 15) is 8.42 Å². The number of anilines is 1. The van der Waals surface area contributed by atoms with Crippen molar-refractivity contribution in [3.05, 3.63) is 27.7 Å². The van der Waals surface area contributed by atoms with E-state index in [-0.39, 0.29) is 5.75 Å². The second-order valence-electron chi connectivity index (χ2n) is 3.99. The highest BCUT2D eigenvalue weighted by molar-refractivity contribution is 9.10. The van der Waals surface area contributed by atoms with E-state index in [0.717, 1.165) is 15.6 Å². The average molecular weight is 321 g/mol.